The highest BCUT2D eigenvalue weighted by atomic mass is 16.5. The monoisotopic (exact) mass is 263 g/mol. The highest BCUT2D eigenvalue weighted by Gasteiger charge is 2.23. The van der Waals surface area contributed by atoms with Crippen molar-refractivity contribution in [2.45, 2.75) is 32.9 Å². The number of ether oxygens (including phenoxy) is 1. The van der Waals surface area contributed by atoms with Crippen LogP contribution in [0.1, 0.15) is 20.8 Å². The van der Waals surface area contributed by atoms with Crippen LogP contribution in [0.2, 0.25) is 0 Å². The van der Waals surface area contributed by atoms with Crippen molar-refractivity contribution in [3.05, 3.63) is 18.2 Å². The van der Waals surface area contributed by atoms with Crippen molar-refractivity contribution >= 4 is 23.3 Å². The van der Waals surface area contributed by atoms with Gasteiger partial charge >= 0.3 is 6.03 Å². The Bertz CT molecular complexity index is 514. The van der Waals surface area contributed by atoms with E-state index in [9.17, 15) is 9.59 Å². The third-order valence-corrected chi connectivity index (χ3v) is 2.59. The summed E-state index contributed by atoms with van der Waals surface area (Å²) in [7, 11) is 0. The van der Waals surface area contributed by atoms with E-state index in [1.54, 1.807) is 25.1 Å². The number of carbonyl (C=O) groups is 2. The van der Waals surface area contributed by atoms with Crippen molar-refractivity contribution in [1.29, 1.82) is 0 Å². The zero-order valence-electron chi connectivity index (χ0n) is 11.1. The number of rotatable bonds is 2. The molecule has 0 saturated carbocycles. The van der Waals surface area contributed by atoms with Crippen molar-refractivity contribution in [2.75, 3.05) is 10.6 Å². The molecular weight excluding hydrogens is 246 g/mol. The van der Waals surface area contributed by atoms with Gasteiger partial charge in [-0.3, -0.25) is 4.79 Å². The highest BCUT2D eigenvalue weighted by molar-refractivity contribution is 5.99. The molecule has 102 valence electrons. The van der Waals surface area contributed by atoms with E-state index < -0.39 is 6.10 Å². The van der Waals surface area contributed by atoms with Crippen molar-refractivity contribution in [1.82, 2.24) is 5.32 Å². The van der Waals surface area contributed by atoms with E-state index in [0.29, 0.717) is 17.1 Å². The number of amides is 3. The van der Waals surface area contributed by atoms with Crippen LogP contribution in [0.3, 0.4) is 0 Å². The average Bonchev–Trinajstić information content (AvgIpc) is 2.30. The smallest absolute Gasteiger partial charge is 0.319 e. The zero-order valence-corrected chi connectivity index (χ0v) is 11.1. The zero-order chi connectivity index (χ0) is 14.0. The largest absolute Gasteiger partial charge is 0.479 e. The van der Waals surface area contributed by atoms with Gasteiger partial charge in [0.1, 0.15) is 5.75 Å². The fourth-order valence-corrected chi connectivity index (χ4v) is 1.72. The second-order valence-corrected chi connectivity index (χ2v) is 4.71. The number of nitrogens with one attached hydrogen (secondary N) is 3. The third kappa shape index (κ3) is 3.15. The lowest BCUT2D eigenvalue weighted by Crippen LogP contribution is -2.35. The third-order valence-electron chi connectivity index (χ3n) is 2.59. The molecule has 0 aromatic heterocycles. The molecule has 6 heteroatoms. The van der Waals surface area contributed by atoms with Gasteiger partial charge in [0.25, 0.3) is 5.91 Å². The van der Waals surface area contributed by atoms with E-state index in [1.165, 1.54) is 0 Å². The number of urea groups is 1. The summed E-state index contributed by atoms with van der Waals surface area (Å²) in [6, 6.07) is 4.88. The van der Waals surface area contributed by atoms with Gasteiger partial charge in [0.05, 0.1) is 5.69 Å². The maximum atomic E-state index is 11.6. The summed E-state index contributed by atoms with van der Waals surface area (Å²) in [5, 5.41) is 8.14. The van der Waals surface area contributed by atoms with Gasteiger partial charge in [-0.1, -0.05) is 0 Å². The standard InChI is InChI=1S/C13H17N3O3/c1-7(2)14-13(18)15-9-4-5-11-10(6-9)16-12(17)8(3)19-11/h4-8H,1-3H3,(H,16,17)(H2,14,15,18). The van der Waals surface area contributed by atoms with E-state index >= 15 is 0 Å². The normalized spacial score (nSPS) is 17.3. The first kappa shape index (κ1) is 13.2. The van der Waals surface area contributed by atoms with Crippen LogP contribution in [-0.2, 0) is 4.79 Å². The van der Waals surface area contributed by atoms with Crippen molar-refractivity contribution in [3.8, 4) is 5.75 Å². The van der Waals surface area contributed by atoms with E-state index in [4.69, 9.17) is 4.74 Å². The lowest BCUT2D eigenvalue weighted by molar-refractivity contribution is -0.122. The summed E-state index contributed by atoms with van der Waals surface area (Å²) in [5.41, 5.74) is 1.15. The molecule has 0 spiro atoms. The molecule has 1 aromatic carbocycles. The minimum atomic E-state index is -0.504. The maximum absolute atomic E-state index is 11.6. The summed E-state index contributed by atoms with van der Waals surface area (Å²) in [4.78, 5) is 23.1. The van der Waals surface area contributed by atoms with E-state index in [-0.39, 0.29) is 18.0 Å². The molecule has 1 atom stereocenters. The molecule has 6 nitrogen and oxygen atoms in total. The molecule has 2 rings (SSSR count). The van der Waals surface area contributed by atoms with Crippen LogP contribution < -0.4 is 20.7 Å². The lowest BCUT2D eigenvalue weighted by Gasteiger charge is -2.23. The van der Waals surface area contributed by atoms with Crippen LogP contribution in [0.4, 0.5) is 16.2 Å². The van der Waals surface area contributed by atoms with Gasteiger partial charge in [0, 0.05) is 11.7 Å². The van der Waals surface area contributed by atoms with E-state index in [0.717, 1.165) is 0 Å². The van der Waals surface area contributed by atoms with Crippen molar-refractivity contribution in [3.63, 3.8) is 0 Å². The van der Waals surface area contributed by atoms with Gasteiger partial charge < -0.3 is 20.7 Å². The maximum Gasteiger partial charge on any atom is 0.319 e. The Kier molecular flexibility index (Phi) is 3.59. The highest BCUT2D eigenvalue weighted by Crippen LogP contribution is 2.32. The first-order chi connectivity index (χ1) is 8.95. The van der Waals surface area contributed by atoms with Crippen LogP contribution in [0.25, 0.3) is 0 Å². The molecule has 0 radical (unpaired) electrons. The van der Waals surface area contributed by atoms with Crippen LogP contribution in [0, 0.1) is 0 Å². The molecule has 1 aromatic rings. The SMILES string of the molecule is CC(C)NC(=O)Nc1ccc2c(c1)NC(=O)C(C)O2. The Hall–Kier alpha value is -2.24. The molecule has 0 aliphatic carbocycles. The molecule has 1 unspecified atom stereocenters. The molecule has 1 aliphatic heterocycles. The van der Waals surface area contributed by atoms with E-state index in [1.807, 2.05) is 13.8 Å². The Morgan fingerprint density at radius 2 is 2.16 bits per heavy atom. The Morgan fingerprint density at radius 3 is 2.84 bits per heavy atom. The average molecular weight is 263 g/mol. The number of carbonyl (C=O) groups excluding carboxylic acids is 2. The second-order valence-electron chi connectivity index (χ2n) is 4.71. The second kappa shape index (κ2) is 5.17. The summed E-state index contributed by atoms with van der Waals surface area (Å²) < 4.78 is 5.43. The van der Waals surface area contributed by atoms with Crippen LogP contribution in [-0.4, -0.2) is 24.1 Å². The molecular formula is C13H17N3O3. The molecule has 0 bridgehead atoms. The Morgan fingerprint density at radius 1 is 1.42 bits per heavy atom. The molecule has 3 N–H and O–H groups in total. The minimum Gasteiger partial charge on any atom is -0.479 e. The van der Waals surface area contributed by atoms with Gasteiger partial charge in [-0.05, 0) is 39.0 Å². The van der Waals surface area contributed by atoms with Crippen molar-refractivity contribution in [2.24, 2.45) is 0 Å². The number of hydrogen-bond donors (Lipinski definition) is 3. The molecule has 0 fully saturated rings. The van der Waals surface area contributed by atoms with Gasteiger partial charge in [0.2, 0.25) is 0 Å². The van der Waals surface area contributed by atoms with Gasteiger partial charge in [-0.15, -0.1) is 0 Å². The van der Waals surface area contributed by atoms with Crippen molar-refractivity contribution < 1.29 is 14.3 Å². The molecule has 19 heavy (non-hydrogen) atoms. The quantitative estimate of drug-likeness (QED) is 0.762. The number of hydrogen-bond acceptors (Lipinski definition) is 3. The number of anilines is 2. The topological polar surface area (TPSA) is 79.5 Å². The van der Waals surface area contributed by atoms with Gasteiger partial charge in [-0.25, -0.2) is 4.79 Å². The van der Waals surface area contributed by atoms with Crippen LogP contribution >= 0.6 is 0 Å². The fraction of sp³-hybridized carbons (Fsp3) is 0.385. The number of fused-ring (bicyclic) bond motifs is 1. The predicted molar refractivity (Wildman–Crippen MR) is 72.5 cm³/mol. The number of benzene rings is 1. The molecule has 1 aliphatic rings. The molecule has 1 heterocycles. The minimum absolute atomic E-state index is 0.0570. The predicted octanol–water partition coefficient (Wildman–Crippen LogP) is 1.94. The summed E-state index contributed by atoms with van der Waals surface area (Å²) in [6.07, 6.45) is -0.504. The van der Waals surface area contributed by atoms with E-state index in [2.05, 4.69) is 16.0 Å². The van der Waals surface area contributed by atoms with Gasteiger partial charge in [-0.2, -0.15) is 0 Å². The molecule has 3 amide bonds. The lowest BCUT2D eigenvalue weighted by atomic mass is 10.2. The summed E-state index contributed by atoms with van der Waals surface area (Å²) in [5.74, 6) is 0.401. The van der Waals surface area contributed by atoms with Crippen LogP contribution in [0.15, 0.2) is 18.2 Å². The fourth-order valence-electron chi connectivity index (χ4n) is 1.72. The first-order valence-corrected chi connectivity index (χ1v) is 6.15. The van der Waals surface area contributed by atoms with Gasteiger partial charge in [0.15, 0.2) is 6.10 Å². The molecule has 0 saturated heterocycles. The first-order valence-electron chi connectivity index (χ1n) is 6.15. The Balaban J connectivity index is 2.11. The van der Waals surface area contributed by atoms with Crippen LogP contribution in [0.5, 0.6) is 5.75 Å². The summed E-state index contributed by atoms with van der Waals surface area (Å²) >= 11 is 0. The Labute approximate surface area is 111 Å². The summed E-state index contributed by atoms with van der Waals surface area (Å²) in [6.45, 7) is 5.43.